The molecule has 0 N–H and O–H groups in total. The molecule has 0 spiro atoms. The van der Waals surface area contributed by atoms with Crippen LogP contribution in [0.3, 0.4) is 0 Å². The van der Waals surface area contributed by atoms with Crippen LogP contribution in [0.15, 0.2) is 40.9 Å². The van der Waals surface area contributed by atoms with E-state index in [1.807, 2.05) is 24.3 Å². The van der Waals surface area contributed by atoms with E-state index < -0.39 is 5.24 Å². The van der Waals surface area contributed by atoms with Crippen LogP contribution in [0.25, 0.3) is 10.8 Å². The third-order valence-electron chi connectivity index (χ3n) is 2.04. The van der Waals surface area contributed by atoms with Crippen molar-refractivity contribution in [3.05, 3.63) is 46.4 Å². The van der Waals surface area contributed by atoms with Crippen LogP contribution in [0.1, 0.15) is 10.4 Å². The van der Waals surface area contributed by atoms with Crippen molar-refractivity contribution in [2.75, 3.05) is 0 Å². The number of carbonyl (C=O) groups is 1. The molecular weight excluding hydrogens is 263 g/mol. The molecule has 14 heavy (non-hydrogen) atoms. The average Bonchev–Trinajstić information content (AvgIpc) is 2.17. The van der Waals surface area contributed by atoms with Gasteiger partial charge in [0.25, 0.3) is 5.24 Å². The Morgan fingerprint density at radius 3 is 2.64 bits per heavy atom. The second-order valence-corrected chi connectivity index (χ2v) is 4.15. The minimum Gasteiger partial charge on any atom is -0.276 e. The molecule has 0 unspecified atom stereocenters. The van der Waals surface area contributed by atoms with E-state index in [9.17, 15) is 4.79 Å². The van der Waals surface area contributed by atoms with Crippen molar-refractivity contribution in [2.45, 2.75) is 0 Å². The molecule has 0 saturated carbocycles. The normalized spacial score (nSPS) is 10.4. The van der Waals surface area contributed by atoms with E-state index in [4.69, 9.17) is 11.6 Å². The van der Waals surface area contributed by atoms with Crippen LogP contribution in [-0.2, 0) is 0 Å². The summed E-state index contributed by atoms with van der Waals surface area (Å²) in [4.78, 5) is 11.0. The van der Waals surface area contributed by atoms with E-state index >= 15 is 0 Å². The van der Waals surface area contributed by atoms with Gasteiger partial charge in [0.15, 0.2) is 0 Å². The Labute approximate surface area is 94.8 Å². The fraction of sp³-hybridized carbons (Fsp3) is 0. The maximum atomic E-state index is 11.0. The van der Waals surface area contributed by atoms with Gasteiger partial charge in [0.2, 0.25) is 0 Å². The first-order chi connectivity index (χ1) is 6.68. The molecule has 0 aliphatic heterocycles. The van der Waals surface area contributed by atoms with Crippen molar-refractivity contribution in [2.24, 2.45) is 0 Å². The zero-order valence-electron chi connectivity index (χ0n) is 7.13. The van der Waals surface area contributed by atoms with E-state index in [2.05, 4.69) is 15.9 Å². The van der Waals surface area contributed by atoms with E-state index in [0.717, 1.165) is 15.2 Å². The van der Waals surface area contributed by atoms with Gasteiger partial charge in [0, 0.05) is 10.0 Å². The summed E-state index contributed by atoms with van der Waals surface area (Å²) in [6.45, 7) is 0. The number of benzene rings is 2. The smallest absolute Gasteiger partial charge is 0.252 e. The van der Waals surface area contributed by atoms with Crippen LogP contribution >= 0.6 is 27.5 Å². The van der Waals surface area contributed by atoms with Crippen molar-refractivity contribution in [3.8, 4) is 0 Å². The summed E-state index contributed by atoms with van der Waals surface area (Å²) in [6, 6.07) is 11.3. The first-order valence-electron chi connectivity index (χ1n) is 4.06. The SMILES string of the molecule is O=C(Cl)c1cc(Br)c2ccccc2c1. The lowest BCUT2D eigenvalue weighted by atomic mass is 10.1. The Bertz CT molecular complexity index is 508. The van der Waals surface area contributed by atoms with Gasteiger partial charge in [-0.15, -0.1) is 0 Å². The van der Waals surface area contributed by atoms with Crippen LogP contribution < -0.4 is 0 Å². The third-order valence-corrected chi connectivity index (χ3v) is 2.91. The molecule has 0 aliphatic rings. The Hall–Kier alpha value is -0.860. The number of fused-ring (bicyclic) bond motifs is 1. The summed E-state index contributed by atoms with van der Waals surface area (Å²) >= 11 is 8.82. The molecule has 0 heterocycles. The van der Waals surface area contributed by atoms with Gasteiger partial charge < -0.3 is 0 Å². The molecule has 0 bridgehead atoms. The zero-order valence-corrected chi connectivity index (χ0v) is 9.47. The quantitative estimate of drug-likeness (QED) is 0.716. The van der Waals surface area contributed by atoms with Crippen molar-refractivity contribution in [1.82, 2.24) is 0 Å². The maximum Gasteiger partial charge on any atom is 0.252 e. The molecule has 2 aromatic carbocycles. The molecule has 0 aromatic heterocycles. The lowest BCUT2D eigenvalue weighted by molar-refractivity contribution is 0.108. The second-order valence-electron chi connectivity index (χ2n) is 2.95. The highest BCUT2D eigenvalue weighted by Gasteiger charge is 2.05. The molecular formula is C11H6BrClO. The Kier molecular flexibility index (Phi) is 2.57. The highest BCUT2D eigenvalue weighted by Crippen LogP contribution is 2.26. The first kappa shape index (κ1) is 9.69. The second kappa shape index (κ2) is 3.71. The summed E-state index contributed by atoms with van der Waals surface area (Å²) in [5, 5.41) is 1.65. The van der Waals surface area contributed by atoms with Gasteiger partial charge in [-0.05, 0) is 34.5 Å². The molecule has 1 nitrogen and oxygen atoms in total. The highest BCUT2D eigenvalue weighted by atomic mass is 79.9. The molecule has 0 radical (unpaired) electrons. The molecule has 2 aromatic rings. The fourth-order valence-corrected chi connectivity index (χ4v) is 2.09. The van der Waals surface area contributed by atoms with Crippen molar-refractivity contribution >= 4 is 43.5 Å². The van der Waals surface area contributed by atoms with Gasteiger partial charge in [0.05, 0.1) is 0 Å². The Morgan fingerprint density at radius 1 is 1.21 bits per heavy atom. The fourth-order valence-electron chi connectivity index (χ4n) is 1.38. The predicted molar refractivity (Wildman–Crippen MR) is 61.8 cm³/mol. The number of rotatable bonds is 1. The van der Waals surface area contributed by atoms with Gasteiger partial charge in [0.1, 0.15) is 0 Å². The lowest BCUT2D eigenvalue weighted by Gasteiger charge is -2.02. The summed E-state index contributed by atoms with van der Waals surface area (Å²) in [5.41, 5.74) is 0.511. The number of halogens is 2. The largest absolute Gasteiger partial charge is 0.276 e. The standard InChI is InChI=1S/C11H6BrClO/c12-10-6-8(11(13)14)5-7-3-1-2-4-9(7)10/h1-6H. The third kappa shape index (κ3) is 1.68. The zero-order chi connectivity index (χ0) is 10.1. The van der Waals surface area contributed by atoms with Crippen LogP contribution in [0.4, 0.5) is 0 Å². The van der Waals surface area contributed by atoms with Crippen molar-refractivity contribution < 1.29 is 4.79 Å². The van der Waals surface area contributed by atoms with Crippen LogP contribution in [0, 0.1) is 0 Å². The molecule has 2 rings (SSSR count). The molecule has 0 aliphatic carbocycles. The van der Waals surface area contributed by atoms with Crippen LogP contribution in [0.5, 0.6) is 0 Å². The topological polar surface area (TPSA) is 17.1 Å². The Morgan fingerprint density at radius 2 is 1.93 bits per heavy atom. The van der Waals surface area contributed by atoms with E-state index in [0.29, 0.717) is 5.56 Å². The Balaban J connectivity index is 2.78. The molecule has 0 atom stereocenters. The molecule has 70 valence electrons. The number of carbonyl (C=O) groups excluding carboxylic acids is 1. The van der Waals surface area contributed by atoms with Gasteiger partial charge in [-0.1, -0.05) is 40.2 Å². The first-order valence-corrected chi connectivity index (χ1v) is 5.24. The summed E-state index contributed by atoms with van der Waals surface area (Å²) in [6.07, 6.45) is 0. The van der Waals surface area contributed by atoms with Crippen molar-refractivity contribution in [1.29, 1.82) is 0 Å². The number of hydrogen-bond donors (Lipinski definition) is 0. The van der Waals surface area contributed by atoms with Gasteiger partial charge in [-0.3, -0.25) is 4.79 Å². The highest BCUT2D eigenvalue weighted by molar-refractivity contribution is 9.10. The van der Waals surface area contributed by atoms with Crippen molar-refractivity contribution in [3.63, 3.8) is 0 Å². The summed E-state index contributed by atoms with van der Waals surface area (Å²) in [7, 11) is 0. The lowest BCUT2D eigenvalue weighted by Crippen LogP contribution is -1.88. The summed E-state index contributed by atoms with van der Waals surface area (Å²) < 4.78 is 0.889. The van der Waals surface area contributed by atoms with Gasteiger partial charge >= 0.3 is 0 Å². The van der Waals surface area contributed by atoms with E-state index in [1.54, 1.807) is 12.1 Å². The minimum absolute atomic E-state index is 0.434. The summed E-state index contributed by atoms with van der Waals surface area (Å²) in [5.74, 6) is 0. The molecule has 0 amide bonds. The van der Waals surface area contributed by atoms with Gasteiger partial charge in [-0.2, -0.15) is 0 Å². The molecule has 0 fully saturated rings. The number of hydrogen-bond acceptors (Lipinski definition) is 1. The maximum absolute atomic E-state index is 11.0. The monoisotopic (exact) mass is 268 g/mol. The average molecular weight is 270 g/mol. The predicted octanol–water partition coefficient (Wildman–Crippen LogP) is 3.98. The van der Waals surface area contributed by atoms with Gasteiger partial charge in [-0.25, -0.2) is 0 Å². The molecule has 0 saturated heterocycles. The van der Waals surface area contributed by atoms with E-state index in [1.165, 1.54) is 0 Å². The van der Waals surface area contributed by atoms with E-state index in [-0.39, 0.29) is 0 Å². The van der Waals surface area contributed by atoms with Crippen LogP contribution in [0.2, 0.25) is 0 Å². The minimum atomic E-state index is -0.434. The van der Waals surface area contributed by atoms with Crippen LogP contribution in [-0.4, -0.2) is 5.24 Å². The molecule has 3 heteroatoms.